The molecule has 0 aromatic heterocycles. The molecule has 0 radical (unpaired) electrons. The van der Waals surface area contributed by atoms with Crippen molar-refractivity contribution in [3.05, 3.63) is 23.8 Å². The largest absolute Gasteiger partial charge is 0.346 e. The Balaban J connectivity index is 2.45. The minimum absolute atomic E-state index is 0.0462. The highest BCUT2D eigenvalue weighted by Gasteiger charge is 2.48. The Morgan fingerprint density at radius 3 is 2.18 bits per heavy atom. The van der Waals surface area contributed by atoms with E-state index in [0.29, 0.717) is 19.3 Å². The molecule has 1 unspecified atom stereocenters. The Morgan fingerprint density at radius 2 is 1.66 bits per heavy atom. The van der Waals surface area contributed by atoms with Crippen LogP contribution in [-0.4, -0.2) is 104 Å². The second kappa shape index (κ2) is 18.3. The number of hydrogen-bond donors (Lipinski definition) is 4. The number of nitrogens with zero attached hydrogens (tertiary/aromatic N) is 2. The first-order chi connectivity index (χ1) is 23.2. The van der Waals surface area contributed by atoms with Crippen LogP contribution in [0.3, 0.4) is 0 Å². The summed E-state index contributed by atoms with van der Waals surface area (Å²) in [7, 11) is -2.02. The molecule has 1 heterocycles. The van der Waals surface area contributed by atoms with Crippen molar-refractivity contribution in [2.24, 2.45) is 10.8 Å². The number of likely N-dealkylation sites (tertiary alicyclic amines) is 1. The van der Waals surface area contributed by atoms with Gasteiger partial charge in [0.25, 0.3) is 5.91 Å². The highest BCUT2D eigenvalue weighted by atomic mass is 32.2. The fraction of sp³-hybridized carbons (Fsp3) is 0.750. The van der Waals surface area contributed by atoms with Gasteiger partial charge in [-0.2, -0.15) is 0 Å². The lowest BCUT2D eigenvalue weighted by atomic mass is 9.70. The number of rotatable bonds is 16. The summed E-state index contributed by atoms with van der Waals surface area (Å²) >= 11 is 0. The van der Waals surface area contributed by atoms with Gasteiger partial charge in [-0.25, -0.2) is 17.5 Å². The van der Waals surface area contributed by atoms with Gasteiger partial charge in [0, 0.05) is 32.7 Å². The van der Waals surface area contributed by atoms with Crippen LogP contribution in [0.4, 0.5) is 4.79 Å². The normalized spacial score (nSPS) is 19.6. The number of urea groups is 1. The summed E-state index contributed by atoms with van der Waals surface area (Å²) in [5.41, 5.74) is 0.749. The Bertz CT molecular complexity index is 1390. The highest BCUT2D eigenvalue weighted by molar-refractivity contribution is 7.89. The van der Waals surface area contributed by atoms with E-state index in [1.165, 1.54) is 22.3 Å². The number of carbonyl (C=O) groups is 5. The number of carbonyl (C=O) groups excluding carboxylic acids is 5. The maximum atomic E-state index is 14.7. The number of allylic oxidation sites excluding steroid dienone is 1. The van der Waals surface area contributed by atoms with Gasteiger partial charge < -0.3 is 26.2 Å². The molecule has 14 heteroatoms. The van der Waals surface area contributed by atoms with E-state index in [1.54, 1.807) is 6.92 Å². The summed E-state index contributed by atoms with van der Waals surface area (Å²) in [6, 6.07) is -4.18. The molecule has 2 rings (SSSR count). The molecule has 50 heavy (non-hydrogen) atoms. The molecule has 0 bridgehead atoms. The molecule has 0 aromatic rings. The Labute approximate surface area is 299 Å². The highest BCUT2D eigenvalue weighted by Crippen LogP contribution is 2.40. The van der Waals surface area contributed by atoms with Crippen molar-refractivity contribution < 1.29 is 32.4 Å². The molecule has 2 fully saturated rings. The van der Waals surface area contributed by atoms with Crippen LogP contribution in [0, 0.1) is 10.8 Å². The summed E-state index contributed by atoms with van der Waals surface area (Å²) in [4.78, 5) is 69.5. The minimum atomic E-state index is -3.51. The number of Topliss-reactive ketones (excluding diaryl/α,β-unsaturated/α-hetero) is 1. The second-order valence-electron chi connectivity index (χ2n) is 15.4. The third-order valence-electron chi connectivity index (χ3n) is 10.2. The predicted octanol–water partition coefficient (Wildman–Crippen LogP) is 3.41. The van der Waals surface area contributed by atoms with Crippen LogP contribution in [0.5, 0.6) is 0 Å². The predicted molar refractivity (Wildman–Crippen MR) is 196 cm³/mol. The Hall–Kier alpha value is -3.26. The zero-order valence-corrected chi connectivity index (χ0v) is 32.6. The molecule has 5 amide bonds. The molecule has 4 N–H and O–H groups in total. The summed E-state index contributed by atoms with van der Waals surface area (Å²) in [6.07, 6.45) is 6.65. The van der Waals surface area contributed by atoms with Crippen molar-refractivity contribution in [3.63, 3.8) is 0 Å². The van der Waals surface area contributed by atoms with Gasteiger partial charge in [0.05, 0.1) is 11.8 Å². The molecule has 1 aliphatic heterocycles. The fourth-order valence-corrected chi connectivity index (χ4v) is 7.41. The van der Waals surface area contributed by atoms with Crippen LogP contribution in [0.15, 0.2) is 23.8 Å². The number of hydrogen-bond acceptors (Lipinski definition) is 7. The Morgan fingerprint density at radius 1 is 1.04 bits per heavy atom. The monoisotopic (exact) mass is 722 g/mol. The topological polar surface area (TPSA) is 174 Å². The van der Waals surface area contributed by atoms with E-state index in [0.717, 1.165) is 30.4 Å². The first-order valence-corrected chi connectivity index (χ1v) is 19.5. The number of likely N-dealkylation sites (N-methyl/N-ethyl adjacent to an activating group) is 1. The first-order valence-electron chi connectivity index (χ1n) is 17.9. The molecular weight excluding hydrogens is 660 g/mol. The van der Waals surface area contributed by atoms with Crippen molar-refractivity contribution in [2.45, 2.75) is 131 Å². The smallest absolute Gasteiger partial charge is 0.315 e. The van der Waals surface area contributed by atoms with Crippen molar-refractivity contribution >= 4 is 39.6 Å². The lowest BCUT2D eigenvalue weighted by Crippen LogP contribution is -2.63. The third kappa shape index (κ3) is 11.4. The van der Waals surface area contributed by atoms with Crippen LogP contribution in [0.2, 0.25) is 0 Å². The number of nitrogens with one attached hydrogen (secondary N) is 4. The van der Waals surface area contributed by atoms with Gasteiger partial charge in [0.15, 0.2) is 0 Å². The molecule has 13 nitrogen and oxygen atoms in total. The van der Waals surface area contributed by atoms with Gasteiger partial charge in [0.1, 0.15) is 12.1 Å². The lowest BCUT2D eigenvalue weighted by molar-refractivity contribution is -0.144. The van der Waals surface area contributed by atoms with Crippen molar-refractivity contribution in [2.75, 3.05) is 32.4 Å². The third-order valence-corrected chi connectivity index (χ3v) is 12.0. The van der Waals surface area contributed by atoms with E-state index < -0.39 is 74.6 Å². The molecule has 4 atom stereocenters. The van der Waals surface area contributed by atoms with E-state index in [9.17, 15) is 32.4 Å². The zero-order chi connectivity index (χ0) is 38.0. The van der Waals surface area contributed by atoms with Gasteiger partial charge in [-0.05, 0) is 62.9 Å². The van der Waals surface area contributed by atoms with Gasteiger partial charge in [-0.1, -0.05) is 72.0 Å². The zero-order valence-electron chi connectivity index (χ0n) is 31.7. The van der Waals surface area contributed by atoms with Crippen molar-refractivity contribution in [1.29, 1.82) is 0 Å². The van der Waals surface area contributed by atoms with Gasteiger partial charge >= 0.3 is 6.03 Å². The average Bonchev–Trinajstić information content (AvgIpc) is 3.51. The summed E-state index contributed by atoms with van der Waals surface area (Å²) in [6.45, 7) is 18.8. The quantitative estimate of drug-likeness (QED) is 0.140. The molecule has 0 aromatic carbocycles. The fourth-order valence-electron chi connectivity index (χ4n) is 6.59. The summed E-state index contributed by atoms with van der Waals surface area (Å²) < 4.78 is 26.3. The van der Waals surface area contributed by atoms with Crippen molar-refractivity contribution in [3.8, 4) is 0 Å². The van der Waals surface area contributed by atoms with Crippen LogP contribution < -0.4 is 21.3 Å². The minimum Gasteiger partial charge on any atom is -0.346 e. The summed E-state index contributed by atoms with van der Waals surface area (Å²) in [5.74, 6) is -2.60. The standard InChI is InChI=1S/C36H62N6O7S/c1-11-17-26(29(43)32(45)37-20-12-2)38-31(44)27-21-25(24(4)5)22-42(27)33(46)30(36(9)18-15-14-16-19-36)40-34(47)39-28(35(6,7)8)23-41(10)50(48,49)13-3/h12,26-28,30H,2,11,13-23H2,1,3-10H3,(H,37,45)(H,38,44)(H2,39,40,47)/t26?,27-,28+,30+/m0/s1. The molecule has 1 saturated heterocycles. The molecule has 0 spiro atoms. The number of ketones is 1. The van der Waals surface area contributed by atoms with Crippen LogP contribution >= 0.6 is 0 Å². The number of amides is 5. The van der Waals surface area contributed by atoms with E-state index in [1.807, 2.05) is 48.5 Å². The van der Waals surface area contributed by atoms with Gasteiger partial charge in [-0.3, -0.25) is 19.2 Å². The SMILES string of the molecule is C=CCNC(=O)C(=O)C(CCC)NC(=O)[C@@H]1CC(=C(C)C)CN1C(=O)[C@@H](NC(=O)N[C@H](CN(C)S(=O)(=O)CC)C(C)(C)C)C1(C)CCCCC1. The summed E-state index contributed by atoms with van der Waals surface area (Å²) in [5, 5.41) is 11.2. The van der Waals surface area contributed by atoms with Crippen LogP contribution in [0.1, 0.15) is 107 Å². The van der Waals surface area contributed by atoms with E-state index >= 15 is 0 Å². The maximum absolute atomic E-state index is 14.7. The average molecular weight is 723 g/mol. The lowest BCUT2D eigenvalue weighted by Gasteiger charge is -2.43. The van der Waals surface area contributed by atoms with E-state index in [4.69, 9.17) is 0 Å². The molecular formula is C36H62N6O7S. The van der Waals surface area contributed by atoms with Gasteiger partial charge in [0.2, 0.25) is 27.6 Å². The maximum Gasteiger partial charge on any atom is 0.315 e. The van der Waals surface area contributed by atoms with Gasteiger partial charge in [-0.15, -0.1) is 6.58 Å². The Kier molecular flexibility index (Phi) is 15.7. The van der Waals surface area contributed by atoms with E-state index in [-0.39, 0.29) is 38.2 Å². The van der Waals surface area contributed by atoms with E-state index in [2.05, 4.69) is 27.8 Å². The molecule has 2 aliphatic rings. The molecule has 284 valence electrons. The number of sulfonamides is 1. The first kappa shape index (κ1) is 42.9. The van der Waals surface area contributed by atoms with Crippen LogP contribution in [0.25, 0.3) is 0 Å². The van der Waals surface area contributed by atoms with Crippen molar-refractivity contribution in [1.82, 2.24) is 30.5 Å². The van der Waals surface area contributed by atoms with Crippen LogP contribution in [-0.2, 0) is 29.2 Å². The molecule has 1 aliphatic carbocycles. The second-order valence-corrected chi connectivity index (χ2v) is 17.7. The molecule has 1 saturated carbocycles.